The third-order valence-corrected chi connectivity index (χ3v) is 10.1. The van der Waals surface area contributed by atoms with Crippen LogP contribution in [0, 0.1) is 16.0 Å². The van der Waals surface area contributed by atoms with E-state index in [2.05, 4.69) is 5.32 Å². The van der Waals surface area contributed by atoms with Crippen molar-refractivity contribution in [3.63, 3.8) is 0 Å². The molecule has 0 spiro atoms. The van der Waals surface area contributed by atoms with Gasteiger partial charge in [-0.1, -0.05) is 55.5 Å². The van der Waals surface area contributed by atoms with Crippen molar-refractivity contribution in [3.05, 3.63) is 111 Å². The smallest absolute Gasteiger partial charge is 0.269 e. The average molecular weight is 733 g/mol. The molecule has 16 nitrogen and oxygen atoms in total. The van der Waals surface area contributed by atoms with E-state index in [1.807, 2.05) is 24.3 Å². The predicted molar refractivity (Wildman–Crippen MR) is 187 cm³/mol. The summed E-state index contributed by atoms with van der Waals surface area (Å²) in [5.74, 6) is -2.92. The van der Waals surface area contributed by atoms with E-state index < -0.39 is 65.0 Å². The topological polar surface area (TPSA) is 243 Å². The summed E-state index contributed by atoms with van der Waals surface area (Å²) in [6.45, 7) is 1.53. The van der Waals surface area contributed by atoms with Crippen LogP contribution in [-0.4, -0.2) is 102 Å². The number of anilines is 2. The number of rotatable bonds is 10. The minimum atomic E-state index is -2.26. The zero-order chi connectivity index (χ0) is 38.2. The third kappa shape index (κ3) is 7.17. The van der Waals surface area contributed by atoms with Gasteiger partial charge in [-0.15, -0.1) is 0 Å². The molecule has 0 radical (unpaired) electrons. The van der Waals surface area contributed by atoms with Crippen molar-refractivity contribution in [2.24, 2.45) is 5.92 Å². The molecule has 3 aromatic rings. The lowest BCUT2D eigenvalue weighted by molar-refractivity contribution is -0.385. The molecule has 0 saturated carbocycles. The Kier molecular flexibility index (Phi) is 10.7. The van der Waals surface area contributed by atoms with Crippen LogP contribution in [-0.2, 0) is 44.2 Å². The minimum Gasteiger partial charge on any atom is -0.394 e. The highest BCUT2D eigenvalue weighted by atomic mass is 16.6. The second kappa shape index (κ2) is 15.1. The van der Waals surface area contributed by atoms with Gasteiger partial charge in [-0.2, -0.15) is 0 Å². The van der Waals surface area contributed by atoms with E-state index in [0.717, 1.165) is 17.2 Å². The van der Waals surface area contributed by atoms with Gasteiger partial charge in [0.25, 0.3) is 17.5 Å². The molecule has 0 unspecified atom stereocenters. The van der Waals surface area contributed by atoms with Gasteiger partial charge in [-0.05, 0) is 41.3 Å². The summed E-state index contributed by atoms with van der Waals surface area (Å²) in [7, 11) is 0. The van der Waals surface area contributed by atoms with Crippen LogP contribution in [0.5, 0.6) is 0 Å². The summed E-state index contributed by atoms with van der Waals surface area (Å²) >= 11 is 0. The van der Waals surface area contributed by atoms with Gasteiger partial charge in [0, 0.05) is 42.3 Å². The number of nitrogens with zero attached hydrogens (tertiary/aromatic N) is 3. The summed E-state index contributed by atoms with van der Waals surface area (Å²) in [6, 6.07) is 17.2. The summed E-state index contributed by atoms with van der Waals surface area (Å²) in [5, 5.41) is 76.1. The standard InChI is InChI=1S/C37H40N4O12/c1-20(6-4-11-29(43)39-18-23-9-3-2-8-22(23)15-26(39)19-42)37(50)27-16-25(41(51)52)12-13-28(27)40(36(37)49)17-21-7-5-10-24(14-21)38-34(47)33-31(45)30(44)32(46)35(48)53-33/h2-10,12-14,16,20,26,30-33,35,42,44-46,48,50H,11,15,17-19H2,1H3,(H,38,47)/b6-4+/t20-,26-,30-,31-,32+,33-,35+,37+/m0/s1. The number of benzene rings is 3. The Morgan fingerprint density at radius 3 is 2.49 bits per heavy atom. The highest BCUT2D eigenvalue weighted by molar-refractivity contribution is 6.07. The van der Waals surface area contributed by atoms with Gasteiger partial charge >= 0.3 is 0 Å². The van der Waals surface area contributed by atoms with Crippen molar-refractivity contribution in [3.8, 4) is 0 Å². The molecule has 3 heterocycles. The van der Waals surface area contributed by atoms with Gasteiger partial charge in [0.1, 0.15) is 18.3 Å². The number of nitrogens with one attached hydrogen (secondary N) is 1. The summed E-state index contributed by atoms with van der Waals surface area (Å²) in [6.07, 6.45) is -5.69. The quantitative estimate of drug-likeness (QED) is 0.0861. The maximum Gasteiger partial charge on any atom is 0.269 e. The van der Waals surface area contributed by atoms with Crippen molar-refractivity contribution in [1.82, 2.24) is 4.90 Å². The van der Waals surface area contributed by atoms with Crippen LogP contribution in [0.4, 0.5) is 17.1 Å². The van der Waals surface area contributed by atoms with Crippen molar-refractivity contribution in [1.29, 1.82) is 0 Å². The monoisotopic (exact) mass is 732 g/mol. The Morgan fingerprint density at radius 2 is 1.77 bits per heavy atom. The van der Waals surface area contributed by atoms with E-state index in [4.69, 9.17) is 4.74 Å². The number of amides is 3. The summed E-state index contributed by atoms with van der Waals surface area (Å²) in [5.41, 5.74) is 0.303. The van der Waals surface area contributed by atoms with E-state index in [0.29, 0.717) is 18.5 Å². The van der Waals surface area contributed by atoms with Crippen molar-refractivity contribution >= 4 is 34.8 Å². The van der Waals surface area contributed by atoms with Crippen LogP contribution >= 0.6 is 0 Å². The molecule has 3 amide bonds. The largest absolute Gasteiger partial charge is 0.394 e. The number of ether oxygens (including phenoxy) is 1. The molecular formula is C37H40N4O12. The fraction of sp³-hybridized carbons (Fsp3) is 0.378. The van der Waals surface area contributed by atoms with Crippen LogP contribution in [0.1, 0.15) is 35.6 Å². The van der Waals surface area contributed by atoms with Crippen molar-refractivity contribution < 1.29 is 54.7 Å². The molecule has 0 aliphatic carbocycles. The lowest BCUT2D eigenvalue weighted by atomic mass is 9.82. The summed E-state index contributed by atoms with van der Waals surface area (Å²) in [4.78, 5) is 54.3. The number of fused-ring (bicyclic) bond motifs is 2. The number of carbonyl (C=O) groups excluding carboxylic acids is 3. The van der Waals surface area contributed by atoms with Crippen LogP contribution in [0.15, 0.2) is 78.9 Å². The molecule has 0 aromatic heterocycles. The van der Waals surface area contributed by atoms with Gasteiger partial charge in [0.2, 0.25) is 5.91 Å². The van der Waals surface area contributed by atoms with Crippen LogP contribution in [0.25, 0.3) is 0 Å². The Bertz CT molecular complexity index is 1940. The fourth-order valence-corrected chi connectivity index (χ4v) is 7.10. The Hall–Kier alpha value is -5.07. The third-order valence-electron chi connectivity index (χ3n) is 10.1. The SMILES string of the molecule is C[C@@H](/C=C/CC(=O)N1Cc2ccccc2C[C@H]1CO)[C@]1(O)C(=O)N(Cc2cccc(NC(=O)[C@H]3O[C@@H](O)[C@H](O)[C@@H](O)[C@@H]3O)c2)c2ccc([N+](=O)[O-])cc21. The normalized spacial score (nSPS) is 27.3. The molecule has 1 fully saturated rings. The molecule has 1 saturated heterocycles. The average Bonchev–Trinajstić information content (AvgIpc) is 3.36. The van der Waals surface area contributed by atoms with Gasteiger partial charge in [0.15, 0.2) is 18.0 Å². The maximum atomic E-state index is 14.1. The molecule has 53 heavy (non-hydrogen) atoms. The molecule has 6 rings (SSSR count). The minimum absolute atomic E-state index is 0.000328. The number of aliphatic hydroxyl groups excluding tert-OH is 5. The fourth-order valence-electron chi connectivity index (χ4n) is 7.10. The number of nitro benzene ring substituents is 1. The van der Waals surface area contributed by atoms with Crippen molar-refractivity contribution in [2.75, 3.05) is 16.8 Å². The Balaban J connectivity index is 1.20. The molecule has 16 heteroatoms. The second-order valence-electron chi connectivity index (χ2n) is 13.5. The first-order valence-corrected chi connectivity index (χ1v) is 17.0. The van der Waals surface area contributed by atoms with E-state index in [9.17, 15) is 55.1 Å². The van der Waals surface area contributed by atoms with Crippen LogP contribution in [0.3, 0.4) is 0 Å². The lowest BCUT2D eigenvalue weighted by Crippen LogP contribution is -2.60. The second-order valence-corrected chi connectivity index (χ2v) is 13.5. The summed E-state index contributed by atoms with van der Waals surface area (Å²) < 4.78 is 4.99. The molecule has 8 atom stereocenters. The zero-order valence-corrected chi connectivity index (χ0v) is 28.6. The Morgan fingerprint density at radius 1 is 1.04 bits per heavy atom. The first kappa shape index (κ1) is 37.7. The number of hydrogen-bond acceptors (Lipinski definition) is 12. The van der Waals surface area contributed by atoms with Crippen molar-refractivity contribution in [2.45, 2.75) is 75.2 Å². The number of nitro groups is 1. The molecule has 3 aliphatic rings. The van der Waals surface area contributed by atoms with E-state index in [-0.39, 0.29) is 48.1 Å². The molecule has 7 N–H and O–H groups in total. The molecule has 3 aliphatic heterocycles. The number of hydrogen-bond donors (Lipinski definition) is 7. The van der Waals surface area contributed by atoms with Crippen LogP contribution in [0.2, 0.25) is 0 Å². The number of carbonyl (C=O) groups is 3. The predicted octanol–water partition coefficient (Wildman–Crippen LogP) is 0.596. The number of aliphatic hydroxyl groups is 6. The molecule has 280 valence electrons. The molecule has 3 aromatic carbocycles. The van der Waals surface area contributed by atoms with Gasteiger partial charge in [-0.3, -0.25) is 24.5 Å². The Labute approximate surface area is 303 Å². The van der Waals surface area contributed by atoms with Gasteiger partial charge in [-0.25, -0.2) is 0 Å². The molecule has 0 bridgehead atoms. The number of non-ortho nitro benzene ring substituents is 1. The zero-order valence-electron chi connectivity index (χ0n) is 28.6. The van der Waals surface area contributed by atoms with Crippen LogP contribution < -0.4 is 10.2 Å². The molecular weight excluding hydrogens is 692 g/mol. The highest BCUT2D eigenvalue weighted by Gasteiger charge is 2.53. The van der Waals surface area contributed by atoms with E-state index >= 15 is 0 Å². The van der Waals surface area contributed by atoms with E-state index in [1.165, 1.54) is 41.3 Å². The van der Waals surface area contributed by atoms with Gasteiger partial charge in [0.05, 0.1) is 29.8 Å². The lowest BCUT2D eigenvalue weighted by Gasteiger charge is -2.37. The maximum absolute atomic E-state index is 14.1. The van der Waals surface area contributed by atoms with Gasteiger partial charge < -0.3 is 50.5 Å². The first-order chi connectivity index (χ1) is 25.2. The first-order valence-electron chi connectivity index (χ1n) is 17.0. The highest BCUT2D eigenvalue weighted by Crippen LogP contribution is 2.47. The van der Waals surface area contributed by atoms with E-state index in [1.54, 1.807) is 24.0 Å².